The summed E-state index contributed by atoms with van der Waals surface area (Å²) in [6.45, 7) is 3.05. The molecule has 1 amide bonds. The van der Waals surface area contributed by atoms with Gasteiger partial charge in [-0.2, -0.15) is 0 Å². The molecule has 1 N–H and O–H groups in total. The maximum atomic E-state index is 11.6. The van der Waals surface area contributed by atoms with E-state index < -0.39 is 0 Å². The highest BCUT2D eigenvalue weighted by Gasteiger charge is 2.40. The summed E-state index contributed by atoms with van der Waals surface area (Å²) in [5.74, 6) is 0.0831. The van der Waals surface area contributed by atoms with Gasteiger partial charge in [-0.15, -0.1) is 11.3 Å². The number of rotatable bonds is 4. The van der Waals surface area contributed by atoms with Crippen LogP contribution < -0.4 is 5.32 Å². The smallest absolute Gasteiger partial charge is 0.261 e. The van der Waals surface area contributed by atoms with E-state index in [4.69, 9.17) is 0 Å². The summed E-state index contributed by atoms with van der Waals surface area (Å²) in [4.78, 5) is 12.4. The summed E-state index contributed by atoms with van der Waals surface area (Å²) < 4.78 is 0. The van der Waals surface area contributed by atoms with E-state index in [9.17, 15) is 4.79 Å². The van der Waals surface area contributed by atoms with Gasteiger partial charge in [0.25, 0.3) is 5.91 Å². The molecule has 0 atom stereocenters. The lowest BCUT2D eigenvalue weighted by atomic mass is 10.0. The third-order valence-corrected chi connectivity index (χ3v) is 3.94. The van der Waals surface area contributed by atoms with Crippen molar-refractivity contribution in [3.05, 3.63) is 22.4 Å². The van der Waals surface area contributed by atoms with Crippen LogP contribution in [0.1, 0.15) is 35.9 Å². The molecular weight excluding hydrogens is 194 g/mol. The maximum Gasteiger partial charge on any atom is 0.261 e. The molecule has 0 aromatic carbocycles. The highest BCUT2D eigenvalue weighted by molar-refractivity contribution is 7.12. The van der Waals surface area contributed by atoms with E-state index in [0.29, 0.717) is 5.41 Å². The molecule has 1 aromatic heterocycles. The quantitative estimate of drug-likeness (QED) is 0.811. The van der Waals surface area contributed by atoms with Crippen molar-refractivity contribution in [2.75, 3.05) is 6.54 Å². The number of carbonyl (C=O) groups is 1. The molecule has 0 radical (unpaired) electrons. The van der Waals surface area contributed by atoms with Crippen molar-refractivity contribution in [3.8, 4) is 0 Å². The monoisotopic (exact) mass is 209 g/mol. The molecular formula is C11H15NOS. The van der Waals surface area contributed by atoms with Crippen LogP contribution in [0.15, 0.2) is 17.5 Å². The predicted molar refractivity (Wildman–Crippen MR) is 58.6 cm³/mol. The Labute approximate surface area is 88.3 Å². The molecule has 1 heterocycles. The third kappa shape index (κ3) is 1.98. The minimum absolute atomic E-state index is 0.0831. The first-order valence-corrected chi connectivity index (χ1v) is 5.95. The summed E-state index contributed by atoms with van der Waals surface area (Å²) in [5, 5.41) is 4.94. The lowest BCUT2D eigenvalue weighted by Gasteiger charge is -2.12. The Kier molecular flexibility index (Phi) is 2.59. The topological polar surface area (TPSA) is 29.1 Å². The average molecular weight is 209 g/mol. The largest absolute Gasteiger partial charge is 0.351 e. The fraction of sp³-hybridized carbons (Fsp3) is 0.545. The normalized spacial score (nSPS) is 17.8. The molecule has 14 heavy (non-hydrogen) atoms. The van der Waals surface area contributed by atoms with Gasteiger partial charge < -0.3 is 5.32 Å². The number of hydrogen-bond acceptors (Lipinski definition) is 2. The van der Waals surface area contributed by atoms with Gasteiger partial charge in [0.1, 0.15) is 0 Å². The molecule has 1 fully saturated rings. The van der Waals surface area contributed by atoms with Gasteiger partial charge in [0.15, 0.2) is 0 Å². The van der Waals surface area contributed by atoms with Crippen LogP contribution in [0.5, 0.6) is 0 Å². The molecule has 1 aliphatic carbocycles. The number of thiophene rings is 1. The van der Waals surface area contributed by atoms with Gasteiger partial charge in [-0.1, -0.05) is 13.0 Å². The minimum Gasteiger partial charge on any atom is -0.351 e. The first-order chi connectivity index (χ1) is 6.76. The Morgan fingerprint density at radius 2 is 2.43 bits per heavy atom. The van der Waals surface area contributed by atoms with E-state index in [0.717, 1.165) is 11.4 Å². The Hall–Kier alpha value is -0.830. The molecule has 2 rings (SSSR count). The molecule has 0 saturated heterocycles. The van der Waals surface area contributed by atoms with Crippen LogP contribution in [0.4, 0.5) is 0 Å². The van der Waals surface area contributed by atoms with Crippen LogP contribution >= 0.6 is 11.3 Å². The van der Waals surface area contributed by atoms with Crippen molar-refractivity contribution in [2.45, 2.75) is 26.2 Å². The van der Waals surface area contributed by atoms with E-state index in [1.807, 2.05) is 17.5 Å². The molecule has 2 nitrogen and oxygen atoms in total. The molecule has 1 saturated carbocycles. The Balaban J connectivity index is 1.84. The van der Waals surface area contributed by atoms with E-state index in [1.165, 1.54) is 30.6 Å². The van der Waals surface area contributed by atoms with Crippen LogP contribution in [0.25, 0.3) is 0 Å². The molecule has 1 aliphatic rings. The third-order valence-electron chi connectivity index (χ3n) is 3.08. The second-order valence-electron chi connectivity index (χ2n) is 4.01. The Morgan fingerprint density at radius 3 is 2.93 bits per heavy atom. The first kappa shape index (κ1) is 9.71. The van der Waals surface area contributed by atoms with Gasteiger partial charge in [-0.05, 0) is 36.1 Å². The van der Waals surface area contributed by atoms with Crippen LogP contribution in [-0.2, 0) is 0 Å². The van der Waals surface area contributed by atoms with Crippen molar-refractivity contribution in [1.29, 1.82) is 0 Å². The average Bonchev–Trinajstić information content (AvgIpc) is 2.78. The van der Waals surface area contributed by atoms with E-state index >= 15 is 0 Å². The van der Waals surface area contributed by atoms with Crippen molar-refractivity contribution < 1.29 is 4.79 Å². The number of carbonyl (C=O) groups excluding carboxylic acids is 1. The standard InChI is InChI=1S/C11H15NOS/c1-2-11(5-6-11)8-12-10(13)9-4-3-7-14-9/h3-4,7H,2,5-6,8H2,1H3,(H,12,13). The van der Waals surface area contributed by atoms with E-state index in [-0.39, 0.29) is 5.91 Å². The number of nitrogens with one attached hydrogen (secondary N) is 1. The van der Waals surface area contributed by atoms with Crippen molar-refractivity contribution in [3.63, 3.8) is 0 Å². The number of amides is 1. The highest BCUT2D eigenvalue weighted by Crippen LogP contribution is 2.47. The SMILES string of the molecule is CCC1(CNC(=O)c2cccs2)CC1. The van der Waals surface area contributed by atoms with Gasteiger partial charge >= 0.3 is 0 Å². The predicted octanol–water partition coefficient (Wildman–Crippen LogP) is 2.67. The summed E-state index contributed by atoms with van der Waals surface area (Å²) in [6.07, 6.45) is 3.72. The van der Waals surface area contributed by atoms with Crippen molar-refractivity contribution in [1.82, 2.24) is 5.32 Å². The van der Waals surface area contributed by atoms with Crippen molar-refractivity contribution in [2.24, 2.45) is 5.41 Å². The summed E-state index contributed by atoms with van der Waals surface area (Å²) in [6, 6.07) is 3.78. The van der Waals surface area contributed by atoms with Gasteiger partial charge in [-0.3, -0.25) is 4.79 Å². The molecule has 0 bridgehead atoms. The zero-order valence-electron chi connectivity index (χ0n) is 8.38. The Bertz CT molecular complexity index is 314. The van der Waals surface area contributed by atoms with Crippen LogP contribution in [0, 0.1) is 5.41 Å². The second kappa shape index (κ2) is 3.73. The van der Waals surface area contributed by atoms with Crippen molar-refractivity contribution >= 4 is 17.2 Å². The van der Waals surface area contributed by atoms with E-state index in [1.54, 1.807) is 0 Å². The fourth-order valence-electron chi connectivity index (χ4n) is 1.59. The Morgan fingerprint density at radius 1 is 1.64 bits per heavy atom. The van der Waals surface area contributed by atoms with E-state index in [2.05, 4.69) is 12.2 Å². The molecule has 1 aromatic rings. The molecule has 3 heteroatoms. The van der Waals surface area contributed by atoms with Gasteiger partial charge in [0, 0.05) is 6.54 Å². The maximum absolute atomic E-state index is 11.6. The number of hydrogen-bond donors (Lipinski definition) is 1. The van der Waals surface area contributed by atoms with Gasteiger partial charge in [0.2, 0.25) is 0 Å². The summed E-state index contributed by atoms with van der Waals surface area (Å²) in [5.41, 5.74) is 0.437. The van der Waals surface area contributed by atoms with Crippen LogP contribution in [0.3, 0.4) is 0 Å². The lowest BCUT2D eigenvalue weighted by molar-refractivity contribution is 0.0948. The van der Waals surface area contributed by atoms with Crippen LogP contribution in [-0.4, -0.2) is 12.5 Å². The highest BCUT2D eigenvalue weighted by atomic mass is 32.1. The summed E-state index contributed by atoms with van der Waals surface area (Å²) >= 11 is 1.50. The second-order valence-corrected chi connectivity index (χ2v) is 4.96. The molecule has 0 aliphatic heterocycles. The molecule has 0 spiro atoms. The van der Waals surface area contributed by atoms with Gasteiger partial charge in [-0.25, -0.2) is 0 Å². The first-order valence-electron chi connectivity index (χ1n) is 5.07. The fourth-order valence-corrected chi connectivity index (χ4v) is 2.23. The summed E-state index contributed by atoms with van der Waals surface area (Å²) in [7, 11) is 0. The molecule has 76 valence electrons. The zero-order chi connectivity index (χ0) is 10.0. The van der Waals surface area contributed by atoms with Crippen LogP contribution in [0.2, 0.25) is 0 Å². The minimum atomic E-state index is 0.0831. The zero-order valence-corrected chi connectivity index (χ0v) is 9.19. The van der Waals surface area contributed by atoms with Gasteiger partial charge in [0.05, 0.1) is 4.88 Å². The lowest BCUT2D eigenvalue weighted by Crippen LogP contribution is -2.29. The molecule has 0 unspecified atom stereocenters.